The van der Waals surface area contributed by atoms with Crippen molar-refractivity contribution in [3.63, 3.8) is 0 Å². The summed E-state index contributed by atoms with van der Waals surface area (Å²) >= 11 is 7.71. The smallest absolute Gasteiger partial charge is 0.0904 e. The van der Waals surface area contributed by atoms with E-state index in [0.717, 1.165) is 4.47 Å². The summed E-state index contributed by atoms with van der Waals surface area (Å²) in [5, 5.41) is 1.33. The van der Waals surface area contributed by atoms with Crippen LogP contribution in [0.25, 0.3) is 10.1 Å². The van der Waals surface area contributed by atoms with Gasteiger partial charge in [-0.2, -0.15) is 0 Å². The third-order valence-electron chi connectivity index (χ3n) is 3.34. The van der Waals surface area contributed by atoms with Gasteiger partial charge in [-0.25, -0.2) is 0 Å². The number of hydrogen-bond acceptors (Lipinski definition) is 2. The van der Waals surface area contributed by atoms with Crippen LogP contribution in [0, 0.1) is 3.57 Å². The topological polar surface area (TPSA) is 9.23 Å². The summed E-state index contributed by atoms with van der Waals surface area (Å²) in [6, 6.07) is 16.8. The Kier molecular flexibility index (Phi) is 4.99. The molecule has 0 bridgehead atoms. The lowest BCUT2D eigenvalue weighted by atomic mass is 10.2. The van der Waals surface area contributed by atoms with Crippen LogP contribution in [0.3, 0.4) is 0 Å². The lowest BCUT2D eigenvalue weighted by Crippen LogP contribution is -1.99. The van der Waals surface area contributed by atoms with Gasteiger partial charge in [0, 0.05) is 23.0 Å². The van der Waals surface area contributed by atoms with E-state index in [1.54, 1.807) is 0 Å². The molecule has 1 atom stereocenters. The zero-order valence-electron chi connectivity index (χ0n) is 11.5. The van der Waals surface area contributed by atoms with E-state index in [1.807, 2.05) is 23.5 Å². The van der Waals surface area contributed by atoms with Gasteiger partial charge in [0.25, 0.3) is 0 Å². The average Bonchev–Trinajstić information content (AvgIpc) is 2.84. The van der Waals surface area contributed by atoms with Gasteiger partial charge in [0.15, 0.2) is 0 Å². The summed E-state index contributed by atoms with van der Waals surface area (Å²) in [6.45, 7) is 2.77. The van der Waals surface area contributed by atoms with Gasteiger partial charge in [0.2, 0.25) is 0 Å². The zero-order chi connectivity index (χ0) is 14.8. The van der Waals surface area contributed by atoms with E-state index in [-0.39, 0.29) is 6.10 Å². The Hall–Kier alpha value is -0.430. The molecule has 1 nitrogen and oxygen atoms in total. The standard InChI is InChI=1S/C17H14BrIOS/c1-11(20-10-12-6-8-13(18)9-7-12)17-16(19)14-4-2-3-5-15(14)21-17/h2-9,11H,10H2,1H3. The van der Waals surface area contributed by atoms with Crippen LogP contribution < -0.4 is 0 Å². The molecule has 0 amide bonds. The third kappa shape index (κ3) is 3.50. The van der Waals surface area contributed by atoms with E-state index in [4.69, 9.17) is 4.74 Å². The molecular weight excluding hydrogens is 459 g/mol. The molecule has 0 radical (unpaired) electrons. The minimum Gasteiger partial charge on any atom is -0.368 e. The molecule has 21 heavy (non-hydrogen) atoms. The van der Waals surface area contributed by atoms with Crippen molar-refractivity contribution in [2.75, 3.05) is 0 Å². The second kappa shape index (κ2) is 6.77. The highest BCUT2D eigenvalue weighted by molar-refractivity contribution is 14.1. The maximum absolute atomic E-state index is 6.05. The molecule has 1 heterocycles. The number of halogens is 2. The normalized spacial score (nSPS) is 12.7. The number of hydrogen-bond donors (Lipinski definition) is 0. The molecule has 3 rings (SSSR count). The largest absolute Gasteiger partial charge is 0.368 e. The molecule has 0 saturated carbocycles. The Labute approximate surface area is 150 Å². The predicted octanol–water partition coefficient (Wildman–Crippen LogP) is 6.55. The minimum absolute atomic E-state index is 0.109. The minimum atomic E-state index is 0.109. The van der Waals surface area contributed by atoms with E-state index < -0.39 is 0 Å². The van der Waals surface area contributed by atoms with Gasteiger partial charge >= 0.3 is 0 Å². The number of ether oxygens (including phenoxy) is 1. The number of thiophene rings is 1. The first-order chi connectivity index (χ1) is 10.1. The Bertz CT molecular complexity index is 751. The molecular formula is C17H14BrIOS. The van der Waals surface area contributed by atoms with Crippen LogP contribution in [0.5, 0.6) is 0 Å². The molecule has 0 aliphatic heterocycles. The summed E-state index contributed by atoms with van der Waals surface area (Å²) in [6.07, 6.45) is 0.109. The van der Waals surface area contributed by atoms with Gasteiger partial charge in [-0.1, -0.05) is 46.3 Å². The van der Waals surface area contributed by atoms with E-state index in [9.17, 15) is 0 Å². The first-order valence-corrected chi connectivity index (χ1v) is 9.37. The Morgan fingerprint density at radius 2 is 1.86 bits per heavy atom. The summed E-state index contributed by atoms with van der Waals surface area (Å²) < 4.78 is 9.80. The summed E-state index contributed by atoms with van der Waals surface area (Å²) in [5.41, 5.74) is 1.20. The Balaban J connectivity index is 1.76. The summed E-state index contributed by atoms with van der Waals surface area (Å²) in [7, 11) is 0. The summed E-state index contributed by atoms with van der Waals surface area (Å²) in [5.74, 6) is 0. The highest BCUT2D eigenvalue weighted by Crippen LogP contribution is 2.37. The quantitative estimate of drug-likeness (QED) is 0.391. The van der Waals surface area contributed by atoms with Crippen LogP contribution in [0.15, 0.2) is 53.0 Å². The van der Waals surface area contributed by atoms with Gasteiger partial charge in [-0.05, 0) is 53.3 Å². The van der Waals surface area contributed by atoms with Crippen molar-refractivity contribution < 1.29 is 4.74 Å². The fourth-order valence-electron chi connectivity index (χ4n) is 2.17. The fourth-order valence-corrected chi connectivity index (χ4v) is 4.96. The third-order valence-corrected chi connectivity index (χ3v) is 6.73. The average molecular weight is 473 g/mol. The predicted molar refractivity (Wildman–Crippen MR) is 102 cm³/mol. The van der Waals surface area contributed by atoms with Crippen LogP contribution in [-0.4, -0.2) is 0 Å². The van der Waals surface area contributed by atoms with Gasteiger partial charge in [-0.15, -0.1) is 11.3 Å². The van der Waals surface area contributed by atoms with Crippen LogP contribution in [0.4, 0.5) is 0 Å². The monoisotopic (exact) mass is 472 g/mol. The van der Waals surface area contributed by atoms with E-state index in [2.05, 4.69) is 81.8 Å². The molecule has 0 saturated heterocycles. The maximum atomic E-state index is 6.05. The summed E-state index contributed by atoms with van der Waals surface area (Å²) in [4.78, 5) is 1.31. The van der Waals surface area contributed by atoms with Crippen molar-refractivity contribution in [2.45, 2.75) is 19.6 Å². The van der Waals surface area contributed by atoms with Gasteiger partial charge in [0.05, 0.1) is 12.7 Å². The van der Waals surface area contributed by atoms with Crippen molar-refractivity contribution in [1.29, 1.82) is 0 Å². The van der Waals surface area contributed by atoms with E-state index in [1.165, 1.54) is 24.1 Å². The number of fused-ring (bicyclic) bond motifs is 1. The van der Waals surface area contributed by atoms with E-state index >= 15 is 0 Å². The van der Waals surface area contributed by atoms with Crippen LogP contribution in [0.1, 0.15) is 23.5 Å². The molecule has 108 valence electrons. The highest BCUT2D eigenvalue weighted by Gasteiger charge is 2.16. The number of rotatable bonds is 4. The second-order valence-corrected chi connectivity index (χ2v) is 7.93. The molecule has 1 aromatic heterocycles. The molecule has 4 heteroatoms. The van der Waals surface area contributed by atoms with Crippen molar-refractivity contribution >= 4 is 59.9 Å². The Morgan fingerprint density at radius 3 is 2.57 bits per heavy atom. The van der Waals surface area contributed by atoms with E-state index in [0.29, 0.717) is 6.61 Å². The SMILES string of the molecule is CC(OCc1ccc(Br)cc1)c1sc2ccccc2c1I. The first kappa shape index (κ1) is 15.5. The Morgan fingerprint density at radius 1 is 1.14 bits per heavy atom. The van der Waals surface area contributed by atoms with Crippen LogP contribution >= 0.6 is 49.9 Å². The molecule has 0 spiro atoms. The van der Waals surface area contributed by atoms with Gasteiger partial charge < -0.3 is 4.74 Å². The van der Waals surface area contributed by atoms with Crippen LogP contribution in [-0.2, 0) is 11.3 Å². The van der Waals surface area contributed by atoms with Crippen molar-refractivity contribution in [3.05, 3.63) is 67.0 Å². The lowest BCUT2D eigenvalue weighted by Gasteiger charge is -2.12. The van der Waals surface area contributed by atoms with Gasteiger partial charge in [0.1, 0.15) is 0 Å². The first-order valence-electron chi connectivity index (χ1n) is 6.68. The molecule has 3 aromatic rings. The van der Waals surface area contributed by atoms with Crippen molar-refractivity contribution in [2.24, 2.45) is 0 Å². The lowest BCUT2D eigenvalue weighted by molar-refractivity contribution is 0.0545. The fraction of sp³-hybridized carbons (Fsp3) is 0.176. The van der Waals surface area contributed by atoms with Crippen molar-refractivity contribution in [1.82, 2.24) is 0 Å². The zero-order valence-corrected chi connectivity index (χ0v) is 16.0. The number of benzene rings is 2. The van der Waals surface area contributed by atoms with Gasteiger partial charge in [-0.3, -0.25) is 0 Å². The highest BCUT2D eigenvalue weighted by atomic mass is 127. The molecule has 1 unspecified atom stereocenters. The second-order valence-electron chi connectivity index (χ2n) is 4.86. The van der Waals surface area contributed by atoms with Crippen molar-refractivity contribution in [3.8, 4) is 0 Å². The molecule has 2 aromatic carbocycles. The molecule has 0 aliphatic carbocycles. The molecule has 0 N–H and O–H groups in total. The van der Waals surface area contributed by atoms with Crippen LogP contribution in [0.2, 0.25) is 0 Å². The molecule has 0 aliphatic rings. The maximum Gasteiger partial charge on any atom is 0.0904 e. The molecule has 0 fully saturated rings.